The van der Waals surface area contributed by atoms with Gasteiger partial charge < -0.3 is 9.47 Å². The average molecular weight is 338 g/mol. The molecule has 120 valence electrons. The highest BCUT2D eigenvalue weighted by atomic mass is 32.2. The van der Waals surface area contributed by atoms with Crippen molar-refractivity contribution < 1.29 is 26.3 Å². The number of benzene rings is 1. The molecule has 0 fully saturated rings. The van der Waals surface area contributed by atoms with Gasteiger partial charge in [-0.1, -0.05) is 12.1 Å². The van der Waals surface area contributed by atoms with Crippen LogP contribution in [0.3, 0.4) is 0 Å². The number of rotatable bonds is 8. The van der Waals surface area contributed by atoms with Crippen molar-refractivity contribution in [2.75, 3.05) is 27.4 Å². The first-order chi connectivity index (χ1) is 9.72. The van der Waals surface area contributed by atoms with Crippen LogP contribution in [0.2, 0.25) is 0 Å². The summed E-state index contributed by atoms with van der Waals surface area (Å²) in [5, 5.41) is 5.02. The minimum absolute atomic E-state index is 0.0639. The lowest BCUT2D eigenvalue weighted by molar-refractivity contribution is 0.0320. The fourth-order valence-corrected chi connectivity index (χ4v) is 4.03. The van der Waals surface area contributed by atoms with Crippen molar-refractivity contribution >= 4 is 20.0 Å². The van der Waals surface area contributed by atoms with Crippen molar-refractivity contribution in [2.45, 2.75) is 15.9 Å². The second-order valence-electron chi connectivity index (χ2n) is 4.16. The van der Waals surface area contributed by atoms with E-state index >= 15 is 0 Å². The molecule has 0 aromatic heterocycles. The van der Waals surface area contributed by atoms with Gasteiger partial charge in [-0.05, 0) is 12.1 Å². The van der Waals surface area contributed by atoms with E-state index in [0.29, 0.717) is 0 Å². The van der Waals surface area contributed by atoms with Crippen LogP contribution in [0.1, 0.15) is 0 Å². The second-order valence-corrected chi connectivity index (χ2v) is 7.42. The van der Waals surface area contributed by atoms with Gasteiger partial charge >= 0.3 is 0 Å². The zero-order valence-electron chi connectivity index (χ0n) is 11.6. The third-order valence-corrected chi connectivity index (χ3v) is 5.21. The van der Waals surface area contributed by atoms with Gasteiger partial charge in [0.15, 0.2) is 0 Å². The molecule has 0 saturated heterocycles. The van der Waals surface area contributed by atoms with E-state index in [-0.39, 0.29) is 13.2 Å². The van der Waals surface area contributed by atoms with Crippen molar-refractivity contribution in [1.29, 1.82) is 0 Å². The largest absolute Gasteiger partial charge is 0.382 e. The first kappa shape index (κ1) is 18.0. The smallest absolute Gasteiger partial charge is 0.242 e. The van der Waals surface area contributed by atoms with E-state index in [2.05, 4.69) is 4.72 Å². The van der Waals surface area contributed by atoms with Crippen LogP contribution in [0.15, 0.2) is 34.1 Å². The zero-order chi connectivity index (χ0) is 16.1. The number of nitrogens with two attached hydrogens (primary N) is 1. The maximum atomic E-state index is 12.2. The fourth-order valence-electron chi connectivity index (χ4n) is 1.58. The number of sulfonamides is 2. The Bertz CT molecular complexity index is 672. The molecule has 1 unspecified atom stereocenters. The average Bonchev–Trinajstić information content (AvgIpc) is 2.42. The summed E-state index contributed by atoms with van der Waals surface area (Å²) in [6.07, 6.45) is -0.494. The van der Waals surface area contributed by atoms with E-state index < -0.39 is 35.9 Å². The molecule has 0 amide bonds. The zero-order valence-corrected chi connectivity index (χ0v) is 13.3. The van der Waals surface area contributed by atoms with Gasteiger partial charge in [0.05, 0.1) is 12.7 Å². The Balaban J connectivity index is 3.04. The lowest BCUT2D eigenvalue weighted by atomic mass is 10.4. The summed E-state index contributed by atoms with van der Waals surface area (Å²) < 4.78 is 59.4. The molecule has 0 aliphatic rings. The molecule has 0 bridgehead atoms. The Labute approximate surface area is 124 Å². The number of hydrogen-bond acceptors (Lipinski definition) is 6. The molecule has 1 atom stereocenters. The van der Waals surface area contributed by atoms with Crippen LogP contribution in [-0.4, -0.2) is 50.3 Å². The molecule has 0 saturated carbocycles. The second kappa shape index (κ2) is 7.29. The van der Waals surface area contributed by atoms with Gasteiger partial charge in [0.2, 0.25) is 20.0 Å². The standard InChI is InChI=1S/C11H18N2O6S2/c1-18-8-9(19-2)7-13-21(16,17)11-6-4-3-5-10(11)20(12,14)15/h3-6,9,13H,7-8H2,1-2H3,(H2,12,14,15). The molecule has 0 aliphatic carbocycles. The summed E-state index contributed by atoms with van der Waals surface area (Å²) >= 11 is 0. The Morgan fingerprint density at radius 1 is 1.14 bits per heavy atom. The van der Waals surface area contributed by atoms with Gasteiger partial charge in [-0.25, -0.2) is 26.7 Å². The van der Waals surface area contributed by atoms with Crippen LogP contribution < -0.4 is 9.86 Å². The molecule has 8 nitrogen and oxygen atoms in total. The Morgan fingerprint density at radius 2 is 1.71 bits per heavy atom. The van der Waals surface area contributed by atoms with Gasteiger partial charge in [0.25, 0.3) is 0 Å². The van der Waals surface area contributed by atoms with E-state index in [4.69, 9.17) is 14.6 Å². The lowest BCUT2D eigenvalue weighted by Gasteiger charge is -2.16. The van der Waals surface area contributed by atoms with Crippen molar-refractivity contribution in [1.82, 2.24) is 4.72 Å². The maximum absolute atomic E-state index is 12.2. The van der Waals surface area contributed by atoms with Crippen LogP contribution >= 0.6 is 0 Å². The van der Waals surface area contributed by atoms with E-state index in [1.165, 1.54) is 32.4 Å². The van der Waals surface area contributed by atoms with Crippen molar-refractivity contribution in [2.24, 2.45) is 5.14 Å². The SMILES string of the molecule is COCC(CNS(=O)(=O)c1ccccc1S(N)(=O)=O)OC. The Hall–Kier alpha value is -1.04. The van der Waals surface area contributed by atoms with Gasteiger partial charge in [-0.2, -0.15) is 0 Å². The first-order valence-electron chi connectivity index (χ1n) is 5.85. The van der Waals surface area contributed by atoms with Gasteiger partial charge in [-0.15, -0.1) is 0 Å². The molecule has 0 spiro atoms. The molecule has 10 heteroatoms. The van der Waals surface area contributed by atoms with Crippen LogP contribution in [0.4, 0.5) is 0 Å². The number of hydrogen-bond donors (Lipinski definition) is 2. The number of nitrogens with one attached hydrogen (secondary N) is 1. The normalized spacial score (nSPS) is 14.0. The lowest BCUT2D eigenvalue weighted by Crippen LogP contribution is -2.36. The fraction of sp³-hybridized carbons (Fsp3) is 0.455. The van der Waals surface area contributed by atoms with Crippen LogP contribution in [-0.2, 0) is 29.5 Å². The van der Waals surface area contributed by atoms with Gasteiger partial charge in [-0.3, -0.25) is 0 Å². The molecular formula is C11H18N2O6S2. The molecule has 0 heterocycles. The van der Waals surface area contributed by atoms with Gasteiger partial charge in [0.1, 0.15) is 9.79 Å². The molecule has 3 N–H and O–H groups in total. The topological polar surface area (TPSA) is 125 Å². The van der Waals surface area contributed by atoms with E-state index in [0.717, 1.165) is 6.07 Å². The first-order valence-corrected chi connectivity index (χ1v) is 8.88. The number of ether oxygens (including phenoxy) is 2. The molecule has 1 rings (SSSR count). The maximum Gasteiger partial charge on any atom is 0.242 e. The third kappa shape index (κ3) is 5.02. The van der Waals surface area contributed by atoms with E-state index in [1.807, 2.05) is 0 Å². The summed E-state index contributed by atoms with van der Waals surface area (Å²) in [4.78, 5) is -0.863. The minimum atomic E-state index is -4.15. The number of primary sulfonamides is 1. The van der Waals surface area contributed by atoms with Crippen LogP contribution in [0, 0.1) is 0 Å². The molecular weight excluding hydrogens is 320 g/mol. The molecule has 21 heavy (non-hydrogen) atoms. The summed E-state index contributed by atoms with van der Waals surface area (Å²) in [7, 11) is -5.32. The highest BCUT2D eigenvalue weighted by Crippen LogP contribution is 2.19. The van der Waals surface area contributed by atoms with Crippen LogP contribution in [0.25, 0.3) is 0 Å². The quantitative estimate of drug-likeness (QED) is 0.644. The van der Waals surface area contributed by atoms with E-state index in [1.54, 1.807) is 0 Å². The van der Waals surface area contributed by atoms with Crippen molar-refractivity contribution in [3.63, 3.8) is 0 Å². The molecule has 1 aromatic carbocycles. The van der Waals surface area contributed by atoms with Crippen molar-refractivity contribution in [3.05, 3.63) is 24.3 Å². The molecule has 0 aliphatic heterocycles. The predicted octanol–water partition coefficient (Wildman–Crippen LogP) is -0.726. The summed E-state index contributed by atoms with van der Waals surface area (Å²) in [5.74, 6) is 0. The highest BCUT2D eigenvalue weighted by Gasteiger charge is 2.24. The minimum Gasteiger partial charge on any atom is -0.382 e. The van der Waals surface area contributed by atoms with E-state index in [9.17, 15) is 16.8 Å². The Kier molecular flexibility index (Phi) is 6.25. The summed E-state index contributed by atoms with van der Waals surface area (Å²) in [5.41, 5.74) is 0. The molecule has 1 aromatic rings. The van der Waals surface area contributed by atoms with Crippen molar-refractivity contribution in [3.8, 4) is 0 Å². The Morgan fingerprint density at radius 3 is 2.19 bits per heavy atom. The summed E-state index contributed by atoms with van der Waals surface area (Å²) in [6.45, 7) is 0.126. The highest BCUT2D eigenvalue weighted by molar-refractivity contribution is 7.92. The predicted molar refractivity (Wildman–Crippen MR) is 75.7 cm³/mol. The van der Waals surface area contributed by atoms with Crippen LogP contribution in [0.5, 0.6) is 0 Å². The molecule has 0 radical (unpaired) electrons. The number of methoxy groups -OCH3 is 2. The third-order valence-electron chi connectivity index (χ3n) is 2.63. The summed E-state index contributed by atoms with van der Waals surface area (Å²) in [6, 6.07) is 5.10. The van der Waals surface area contributed by atoms with Gasteiger partial charge in [0, 0.05) is 20.8 Å². The monoisotopic (exact) mass is 338 g/mol.